The molecule has 0 saturated heterocycles. The molecule has 0 spiro atoms. The first-order valence-corrected chi connectivity index (χ1v) is 9.06. The van der Waals surface area contributed by atoms with Crippen molar-refractivity contribution in [1.82, 2.24) is 15.0 Å². The quantitative estimate of drug-likeness (QED) is 0.409. The highest BCUT2D eigenvalue weighted by molar-refractivity contribution is 6.08. The van der Waals surface area contributed by atoms with E-state index in [1.807, 2.05) is 52.0 Å². The maximum atomic E-state index is 12.7. The van der Waals surface area contributed by atoms with Crippen molar-refractivity contribution in [3.05, 3.63) is 47.8 Å². The van der Waals surface area contributed by atoms with Gasteiger partial charge in [0.25, 0.3) is 0 Å². The zero-order chi connectivity index (χ0) is 19.6. The Morgan fingerprint density at radius 3 is 2.78 bits per heavy atom. The summed E-state index contributed by atoms with van der Waals surface area (Å²) in [6.45, 7) is 8.33. The van der Waals surface area contributed by atoms with E-state index in [9.17, 15) is 4.79 Å². The van der Waals surface area contributed by atoms with Crippen LogP contribution in [0.15, 0.2) is 41.7 Å². The Kier molecular flexibility index (Phi) is 5.08. The molecule has 0 fully saturated rings. The van der Waals surface area contributed by atoms with Crippen molar-refractivity contribution in [2.45, 2.75) is 34.1 Å². The number of carbonyl (C=O) groups excluding carboxylic acids is 1. The van der Waals surface area contributed by atoms with Crippen LogP contribution in [-0.4, -0.2) is 33.1 Å². The number of amidine groups is 1. The van der Waals surface area contributed by atoms with E-state index in [-0.39, 0.29) is 5.78 Å². The number of H-pyrrole nitrogens is 1. The van der Waals surface area contributed by atoms with E-state index in [4.69, 9.17) is 10.7 Å². The summed E-state index contributed by atoms with van der Waals surface area (Å²) < 4.78 is 0. The minimum absolute atomic E-state index is 0.0394. The van der Waals surface area contributed by atoms with E-state index in [1.54, 1.807) is 12.4 Å². The van der Waals surface area contributed by atoms with Crippen LogP contribution in [0.3, 0.4) is 0 Å². The van der Waals surface area contributed by atoms with Gasteiger partial charge in [0.2, 0.25) is 0 Å². The first kappa shape index (κ1) is 18.8. The summed E-state index contributed by atoms with van der Waals surface area (Å²) >= 11 is 0. The number of nitrogens with one attached hydrogen (secondary N) is 1. The van der Waals surface area contributed by atoms with Gasteiger partial charge in [-0.2, -0.15) is 0 Å². The Labute approximate surface area is 158 Å². The SMILES string of the molecule is CCN=C(N)Cc1cccc(-c2cnc3[nH]cc(C(=O)C(C)(C)C)c3n2)c1. The summed E-state index contributed by atoms with van der Waals surface area (Å²) in [5.41, 5.74) is 9.95. The molecular formula is C21H25N5O. The Morgan fingerprint density at radius 1 is 1.30 bits per heavy atom. The predicted molar refractivity (Wildman–Crippen MR) is 109 cm³/mol. The fourth-order valence-corrected chi connectivity index (χ4v) is 2.92. The Bertz CT molecular complexity index is 1010. The summed E-state index contributed by atoms with van der Waals surface area (Å²) in [6, 6.07) is 7.99. The summed E-state index contributed by atoms with van der Waals surface area (Å²) in [4.78, 5) is 29.2. The van der Waals surface area contributed by atoms with Crippen LogP contribution in [0, 0.1) is 5.41 Å². The van der Waals surface area contributed by atoms with Gasteiger partial charge in [-0.1, -0.05) is 39.0 Å². The van der Waals surface area contributed by atoms with Gasteiger partial charge in [0.15, 0.2) is 11.4 Å². The molecule has 0 bridgehead atoms. The van der Waals surface area contributed by atoms with Gasteiger partial charge in [-0.3, -0.25) is 9.79 Å². The molecule has 0 saturated carbocycles. The number of Topliss-reactive ketones (excluding diaryl/α,β-unsaturated/α-hetero) is 1. The minimum atomic E-state index is -0.483. The number of aromatic amines is 1. The van der Waals surface area contributed by atoms with Crippen molar-refractivity contribution < 1.29 is 4.79 Å². The number of fused-ring (bicyclic) bond motifs is 1. The maximum absolute atomic E-state index is 12.7. The van der Waals surface area contributed by atoms with Crippen molar-refractivity contribution >= 4 is 22.8 Å². The molecule has 2 heterocycles. The predicted octanol–water partition coefficient (Wildman–Crippen LogP) is 3.77. The van der Waals surface area contributed by atoms with Gasteiger partial charge >= 0.3 is 0 Å². The van der Waals surface area contributed by atoms with E-state index in [0.29, 0.717) is 35.5 Å². The largest absolute Gasteiger partial charge is 0.387 e. The van der Waals surface area contributed by atoms with Crippen LogP contribution in [0.5, 0.6) is 0 Å². The molecule has 1 aromatic carbocycles. The summed E-state index contributed by atoms with van der Waals surface area (Å²) in [5.74, 6) is 0.650. The molecule has 3 rings (SSSR count). The molecule has 0 aliphatic heterocycles. The first-order valence-electron chi connectivity index (χ1n) is 9.06. The van der Waals surface area contributed by atoms with E-state index in [2.05, 4.69) is 15.0 Å². The number of nitrogens with two attached hydrogens (primary N) is 1. The van der Waals surface area contributed by atoms with Gasteiger partial charge < -0.3 is 10.7 Å². The van der Waals surface area contributed by atoms with E-state index in [1.165, 1.54) is 0 Å². The van der Waals surface area contributed by atoms with Crippen molar-refractivity contribution in [2.24, 2.45) is 16.1 Å². The molecule has 0 radical (unpaired) electrons. The molecule has 27 heavy (non-hydrogen) atoms. The number of ketones is 1. The van der Waals surface area contributed by atoms with Gasteiger partial charge in [0, 0.05) is 30.1 Å². The van der Waals surface area contributed by atoms with E-state index < -0.39 is 5.41 Å². The summed E-state index contributed by atoms with van der Waals surface area (Å²) in [5, 5.41) is 0. The number of carbonyl (C=O) groups is 1. The standard InChI is InChI=1S/C21H25N5O/c1-5-23-17(22)10-13-7-6-8-14(9-13)16-12-25-20-18(26-16)15(11-24-20)19(27)21(2,3)4/h6-9,11-12H,5,10H2,1-4H3,(H2,22,23)(H,24,25). The number of rotatable bonds is 5. The molecule has 2 aromatic heterocycles. The molecule has 0 aliphatic rings. The van der Waals surface area contributed by atoms with Crippen LogP contribution in [0.2, 0.25) is 0 Å². The van der Waals surface area contributed by atoms with Crippen LogP contribution in [0.4, 0.5) is 0 Å². The maximum Gasteiger partial charge on any atom is 0.171 e. The van der Waals surface area contributed by atoms with Gasteiger partial charge in [-0.15, -0.1) is 0 Å². The molecule has 6 nitrogen and oxygen atoms in total. The topological polar surface area (TPSA) is 97.0 Å². The van der Waals surface area contributed by atoms with Crippen LogP contribution in [0.1, 0.15) is 43.6 Å². The van der Waals surface area contributed by atoms with Crippen molar-refractivity contribution in [3.8, 4) is 11.3 Å². The lowest BCUT2D eigenvalue weighted by molar-refractivity contribution is 0.0860. The average molecular weight is 363 g/mol. The molecule has 3 N–H and O–H groups in total. The molecule has 0 amide bonds. The van der Waals surface area contributed by atoms with Gasteiger partial charge in [-0.25, -0.2) is 9.97 Å². The highest BCUT2D eigenvalue weighted by Crippen LogP contribution is 2.27. The molecular weight excluding hydrogens is 338 g/mol. The van der Waals surface area contributed by atoms with Gasteiger partial charge in [-0.05, 0) is 18.6 Å². The minimum Gasteiger partial charge on any atom is -0.387 e. The second-order valence-electron chi connectivity index (χ2n) is 7.58. The lowest BCUT2D eigenvalue weighted by atomic mass is 9.87. The first-order chi connectivity index (χ1) is 12.8. The van der Waals surface area contributed by atoms with Crippen molar-refractivity contribution in [3.63, 3.8) is 0 Å². The number of aromatic nitrogens is 3. The van der Waals surface area contributed by atoms with E-state index in [0.717, 1.165) is 16.8 Å². The molecule has 0 aliphatic carbocycles. The van der Waals surface area contributed by atoms with Crippen LogP contribution < -0.4 is 5.73 Å². The highest BCUT2D eigenvalue weighted by Gasteiger charge is 2.26. The van der Waals surface area contributed by atoms with Gasteiger partial charge in [0.05, 0.1) is 23.3 Å². The fourth-order valence-electron chi connectivity index (χ4n) is 2.92. The summed E-state index contributed by atoms with van der Waals surface area (Å²) in [7, 11) is 0. The zero-order valence-electron chi connectivity index (χ0n) is 16.2. The number of aliphatic imine (C=N–C) groups is 1. The van der Waals surface area contributed by atoms with E-state index >= 15 is 0 Å². The lowest BCUT2D eigenvalue weighted by Crippen LogP contribution is -2.20. The monoisotopic (exact) mass is 363 g/mol. The van der Waals surface area contributed by atoms with Crippen LogP contribution in [-0.2, 0) is 6.42 Å². The molecule has 3 aromatic rings. The fraction of sp³-hybridized carbons (Fsp3) is 0.333. The number of hydrogen-bond acceptors (Lipinski definition) is 4. The Balaban J connectivity index is 2.00. The van der Waals surface area contributed by atoms with Crippen LogP contribution in [0.25, 0.3) is 22.4 Å². The van der Waals surface area contributed by atoms with Crippen molar-refractivity contribution in [2.75, 3.05) is 6.54 Å². The van der Waals surface area contributed by atoms with Crippen LogP contribution >= 0.6 is 0 Å². The number of benzene rings is 1. The summed E-state index contributed by atoms with van der Waals surface area (Å²) in [6.07, 6.45) is 4.00. The molecule has 140 valence electrons. The Morgan fingerprint density at radius 2 is 2.07 bits per heavy atom. The third kappa shape index (κ3) is 4.05. The lowest BCUT2D eigenvalue weighted by Gasteiger charge is -2.15. The third-order valence-corrected chi connectivity index (χ3v) is 4.28. The molecule has 0 unspecified atom stereocenters. The highest BCUT2D eigenvalue weighted by atomic mass is 16.1. The number of hydrogen-bond donors (Lipinski definition) is 2. The third-order valence-electron chi connectivity index (χ3n) is 4.28. The van der Waals surface area contributed by atoms with Crippen molar-refractivity contribution in [1.29, 1.82) is 0 Å². The molecule has 0 atom stereocenters. The van der Waals surface area contributed by atoms with Gasteiger partial charge in [0.1, 0.15) is 5.52 Å². The zero-order valence-corrected chi connectivity index (χ0v) is 16.2. The average Bonchev–Trinajstić information content (AvgIpc) is 3.03. The molecule has 6 heteroatoms. The Hall–Kier alpha value is -3.02. The normalized spacial score (nSPS) is 12.5. The second kappa shape index (κ2) is 7.31. The second-order valence-corrected chi connectivity index (χ2v) is 7.58. The smallest absolute Gasteiger partial charge is 0.171 e. The number of nitrogens with zero attached hydrogens (tertiary/aromatic N) is 3.